The second-order valence-corrected chi connectivity index (χ2v) is 8.75. The zero-order valence-corrected chi connectivity index (χ0v) is 19.4. The Morgan fingerprint density at radius 3 is 1.36 bits per heavy atom. The predicted molar refractivity (Wildman–Crippen MR) is 126 cm³/mol. The maximum absolute atomic E-state index is 11.6. The van der Waals surface area contributed by atoms with Crippen LogP contribution in [0.15, 0.2) is 54.6 Å². The van der Waals surface area contributed by atoms with Crippen LogP contribution in [0.25, 0.3) is 0 Å². The fourth-order valence-electron chi connectivity index (χ4n) is 3.29. The lowest BCUT2D eigenvalue weighted by Crippen LogP contribution is -2.11. The van der Waals surface area contributed by atoms with Crippen LogP contribution in [0.5, 0.6) is 23.0 Å². The molecular weight excluding hydrogens is 472 g/mol. The highest BCUT2D eigenvalue weighted by Crippen LogP contribution is 2.39. The number of carboxylic acids is 4. The van der Waals surface area contributed by atoms with Crippen LogP contribution in [0, 0.1) is 0 Å². The van der Waals surface area contributed by atoms with Crippen LogP contribution in [-0.2, 0) is 5.41 Å². The first kappa shape index (κ1) is 25.8. The molecular formula is C26H22O10. The summed E-state index contributed by atoms with van der Waals surface area (Å²) in [6.45, 7) is 5.88. The van der Waals surface area contributed by atoms with Gasteiger partial charge < -0.3 is 29.9 Å². The van der Waals surface area contributed by atoms with Gasteiger partial charge in [0.1, 0.15) is 11.5 Å². The van der Waals surface area contributed by atoms with E-state index < -0.39 is 46.1 Å². The van der Waals surface area contributed by atoms with E-state index in [-0.39, 0.29) is 28.4 Å². The van der Waals surface area contributed by atoms with Crippen molar-refractivity contribution in [3.63, 3.8) is 0 Å². The molecule has 0 spiro atoms. The molecule has 0 unspecified atom stereocenters. The molecule has 0 aliphatic heterocycles. The number of aromatic carboxylic acids is 4. The lowest BCUT2D eigenvalue weighted by Gasteiger charge is -2.21. The normalized spacial score (nSPS) is 11.0. The Labute approximate surface area is 205 Å². The molecule has 36 heavy (non-hydrogen) atoms. The van der Waals surface area contributed by atoms with Gasteiger partial charge in [-0.2, -0.15) is 0 Å². The van der Waals surface area contributed by atoms with Crippen LogP contribution in [-0.4, -0.2) is 44.3 Å². The first-order valence-corrected chi connectivity index (χ1v) is 10.5. The van der Waals surface area contributed by atoms with Crippen LogP contribution < -0.4 is 9.47 Å². The van der Waals surface area contributed by atoms with Gasteiger partial charge in [-0.1, -0.05) is 26.8 Å². The molecule has 0 atom stereocenters. The van der Waals surface area contributed by atoms with Crippen molar-refractivity contribution in [1.29, 1.82) is 0 Å². The summed E-state index contributed by atoms with van der Waals surface area (Å²) in [6, 6.07) is 11.9. The molecule has 0 amide bonds. The number of hydrogen-bond donors (Lipinski definition) is 4. The topological polar surface area (TPSA) is 168 Å². The van der Waals surface area contributed by atoms with Crippen molar-refractivity contribution in [2.45, 2.75) is 26.2 Å². The van der Waals surface area contributed by atoms with Gasteiger partial charge in [0.15, 0.2) is 11.5 Å². The van der Waals surface area contributed by atoms with Crippen molar-refractivity contribution in [3.8, 4) is 23.0 Å². The smallest absolute Gasteiger partial charge is 0.336 e. The van der Waals surface area contributed by atoms with Gasteiger partial charge in [-0.05, 0) is 59.5 Å². The molecule has 4 N–H and O–H groups in total. The molecule has 0 fully saturated rings. The second-order valence-electron chi connectivity index (χ2n) is 8.75. The number of rotatable bonds is 8. The third-order valence-electron chi connectivity index (χ3n) is 5.17. The van der Waals surface area contributed by atoms with Crippen LogP contribution in [0.3, 0.4) is 0 Å². The van der Waals surface area contributed by atoms with Gasteiger partial charge in [0, 0.05) is 0 Å². The van der Waals surface area contributed by atoms with Gasteiger partial charge in [0.05, 0.1) is 22.3 Å². The van der Waals surface area contributed by atoms with E-state index in [0.29, 0.717) is 0 Å². The minimum absolute atomic E-state index is 0.0261. The van der Waals surface area contributed by atoms with E-state index in [0.717, 1.165) is 29.8 Å². The maximum Gasteiger partial charge on any atom is 0.336 e. The molecule has 10 nitrogen and oxygen atoms in total. The molecule has 3 aromatic rings. The Morgan fingerprint density at radius 2 is 0.972 bits per heavy atom. The average Bonchev–Trinajstić information content (AvgIpc) is 2.79. The van der Waals surface area contributed by atoms with Crippen molar-refractivity contribution in [2.75, 3.05) is 0 Å². The average molecular weight is 494 g/mol. The standard InChI is InChI=1S/C26H22O10/c1-26(2,3)13-4-9-20(35-14-5-7-16(22(27)28)18(11-14)24(31)32)21(10-13)36-15-6-8-17(23(29)30)19(12-15)25(33)34/h4-12H,1-3H3,(H,27,28)(H,29,30)(H,31,32)(H,33,34). The lowest BCUT2D eigenvalue weighted by atomic mass is 9.87. The van der Waals surface area contributed by atoms with Crippen molar-refractivity contribution >= 4 is 23.9 Å². The molecule has 0 aliphatic rings. The van der Waals surface area contributed by atoms with E-state index in [4.69, 9.17) is 9.47 Å². The first-order chi connectivity index (χ1) is 16.8. The summed E-state index contributed by atoms with van der Waals surface area (Å²) in [5, 5.41) is 37.2. The fourth-order valence-corrected chi connectivity index (χ4v) is 3.29. The zero-order valence-electron chi connectivity index (χ0n) is 19.4. The molecule has 0 saturated carbocycles. The Bertz CT molecular complexity index is 1380. The fraction of sp³-hybridized carbons (Fsp3) is 0.154. The van der Waals surface area contributed by atoms with Crippen LogP contribution >= 0.6 is 0 Å². The Hall–Kier alpha value is -4.86. The van der Waals surface area contributed by atoms with Gasteiger partial charge in [0.25, 0.3) is 0 Å². The third-order valence-corrected chi connectivity index (χ3v) is 5.17. The molecule has 0 aromatic heterocycles. The summed E-state index contributed by atoms with van der Waals surface area (Å²) in [5.41, 5.74) is -1.23. The lowest BCUT2D eigenvalue weighted by molar-refractivity contribution is 0.0651. The third kappa shape index (κ3) is 5.61. The summed E-state index contributed by atoms with van der Waals surface area (Å²) < 4.78 is 11.7. The van der Waals surface area contributed by atoms with Gasteiger partial charge >= 0.3 is 23.9 Å². The monoisotopic (exact) mass is 494 g/mol. The Kier molecular flexibility index (Phi) is 7.00. The highest BCUT2D eigenvalue weighted by molar-refractivity contribution is 6.02. The molecule has 10 heteroatoms. The largest absolute Gasteiger partial charge is 0.478 e. The molecule has 0 saturated heterocycles. The van der Waals surface area contributed by atoms with Crippen molar-refractivity contribution in [2.24, 2.45) is 0 Å². The number of carbonyl (C=O) groups is 4. The molecule has 0 bridgehead atoms. The van der Waals surface area contributed by atoms with E-state index in [9.17, 15) is 39.6 Å². The van der Waals surface area contributed by atoms with Crippen LogP contribution in [0.1, 0.15) is 67.8 Å². The Balaban J connectivity index is 2.08. The molecule has 0 heterocycles. The minimum Gasteiger partial charge on any atom is -0.478 e. The summed E-state index contributed by atoms with van der Waals surface area (Å²) in [5.74, 6) is -5.38. The van der Waals surface area contributed by atoms with E-state index in [1.165, 1.54) is 12.1 Å². The van der Waals surface area contributed by atoms with E-state index in [1.54, 1.807) is 18.2 Å². The predicted octanol–water partition coefficient (Wildman–Crippen LogP) is 5.36. The quantitative estimate of drug-likeness (QED) is 0.320. The molecule has 0 aliphatic carbocycles. The van der Waals surface area contributed by atoms with Crippen LogP contribution in [0.4, 0.5) is 0 Å². The maximum atomic E-state index is 11.6. The van der Waals surface area contributed by atoms with E-state index in [2.05, 4.69) is 0 Å². The molecule has 3 rings (SSSR count). The number of ether oxygens (including phenoxy) is 2. The second kappa shape index (κ2) is 9.79. The van der Waals surface area contributed by atoms with Crippen molar-refractivity contribution < 1.29 is 49.1 Å². The van der Waals surface area contributed by atoms with Gasteiger partial charge in [-0.3, -0.25) is 0 Å². The molecule has 186 valence electrons. The summed E-state index contributed by atoms with van der Waals surface area (Å²) in [6.07, 6.45) is 0. The minimum atomic E-state index is -1.45. The number of carboxylic acid groups (broad SMARTS) is 4. The van der Waals surface area contributed by atoms with Crippen molar-refractivity contribution in [3.05, 3.63) is 82.4 Å². The number of hydrogen-bond acceptors (Lipinski definition) is 6. The Morgan fingerprint density at radius 1 is 0.556 bits per heavy atom. The summed E-state index contributed by atoms with van der Waals surface area (Å²) >= 11 is 0. The highest BCUT2D eigenvalue weighted by Gasteiger charge is 2.22. The zero-order chi connectivity index (χ0) is 26.8. The summed E-state index contributed by atoms with van der Waals surface area (Å²) in [4.78, 5) is 45.7. The van der Waals surface area contributed by atoms with Gasteiger partial charge in [-0.15, -0.1) is 0 Å². The number of benzene rings is 3. The van der Waals surface area contributed by atoms with E-state index in [1.807, 2.05) is 20.8 Å². The van der Waals surface area contributed by atoms with Crippen molar-refractivity contribution in [1.82, 2.24) is 0 Å². The summed E-state index contributed by atoms with van der Waals surface area (Å²) in [7, 11) is 0. The first-order valence-electron chi connectivity index (χ1n) is 10.5. The SMILES string of the molecule is CC(C)(C)c1ccc(Oc2ccc(C(=O)O)c(C(=O)O)c2)c(Oc2ccc(C(=O)O)c(C(=O)O)c2)c1. The molecule has 0 radical (unpaired) electrons. The van der Waals surface area contributed by atoms with Crippen LogP contribution in [0.2, 0.25) is 0 Å². The van der Waals surface area contributed by atoms with Gasteiger partial charge in [-0.25, -0.2) is 19.2 Å². The van der Waals surface area contributed by atoms with Gasteiger partial charge in [0.2, 0.25) is 0 Å². The van der Waals surface area contributed by atoms with E-state index >= 15 is 0 Å². The molecule has 3 aromatic carbocycles. The highest BCUT2D eigenvalue weighted by atomic mass is 16.5.